The van der Waals surface area contributed by atoms with Gasteiger partial charge in [0, 0.05) is 50.0 Å². The van der Waals surface area contributed by atoms with Gasteiger partial charge in [0.25, 0.3) is 0 Å². The standard InChI is InChI=1S/C25H28FN3O3/c26-18-4-3-5-20(15-18)28-24(31)29-12-10-25(11-13-29)16-17(14-23(30)27-19-8-9-19)21-6-1-2-7-22(21)32-25/h1-7,15,17,19H,8-14,16H2,(H,27,30)(H,28,31)/t17-/m0/s1. The zero-order valence-corrected chi connectivity index (χ0v) is 18.0. The molecular formula is C25H28FN3O3. The van der Waals surface area contributed by atoms with E-state index in [1.165, 1.54) is 12.1 Å². The van der Waals surface area contributed by atoms with E-state index in [2.05, 4.69) is 16.7 Å². The van der Waals surface area contributed by atoms with Crippen molar-refractivity contribution in [2.24, 2.45) is 0 Å². The lowest BCUT2D eigenvalue weighted by atomic mass is 9.76. The summed E-state index contributed by atoms with van der Waals surface area (Å²) in [6.45, 7) is 1.09. The summed E-state index contributed by atoms with van der Waals surface area (Å²) >= 11 is 0. The van der Waals surface area contributed by atoms with Gasteiger partial charge < -0.3 is 20.3 Å². The molecule has 2 N–H and O–H groups in total. The summed E-state index contributed by atoms with van der Waals surface area (Å²) in [6.07, 6.45) is 4.77. The SMILES string of the molecule is O=C(C[C@H]1CC2(CCN(C(=O)Nc3cccc(F)c3)CC2)Oc2ccccc21)NC1CC1. The fourth-order valence-corrected chi connectivity index (χ4v) is 4.86. The van der Waals surface area contributed by atoms with Crippen molar-refractivity contribution in [3.05, 3.63) is 59.9 Å². The minimum absolute atomic E-state index is 0.103. The normalized spacial score (nSPS) is 21.4. The van der Waals surface area contributed by atoms with Crippen LogP contribution in [0.2, 0.25) is 0 Å². The van der Waals surface area contributed by atoms with Gasteiger partial charge in [-0.05, 0) is 49.1 Å². The van der Waals surface area contributed by atoms with Crippen LogP contribution in [0.3, 0.4) is 0 Å². The highest BCUT2D eigenvalue weighted by molar-refractivity contribution is 5.89. The first kappa shape index (κ1) is 20.8. The van der Waals surface area contributed by atoms with Crippen LogP contribution in [0.5, 0.6) is 5.75 Å². The molecule has 7 heteroatoms. The molecule has 2 aliphatic heterocycles. The Hall–Kier alpha value is -3.09. The monoisotopic (exact) mass is 437 g/mol. The van der Waals surface area contributed by atoms with Crippen LogP contribution < -0.4 is 15.4 Å². The number of halogens is 1. The van der Waals surface area contributed by atoms with Crippen molar-refractivity contribution in [1.82, 2.24) is 10.2 Å². The van der Waals surface area contributed by atoms with Gasteiger partial charge in [0.05, 0.1) is 0 Å². The Bertz CT molecular complexity index is 1010. The Morgan fingerprint density at radius 1 is 1.09 bits per heavy atom. The first-order valence-corrected chi connectivity index (χ1v) is 11.4. The molecule has 2 heterocycles. The molecule has 2 aromatic carbocycles. The maximum atomic E-state index is 13.4. The molecule has 3 amide bonds. The van der Waals surface area contributed by atoms with E-state index < -0.39 is 0 Å². The number of piperidine rings is 1. The number of benzene rings is 2. The molecule has 32 heavy (non-hydrogen) atoms. The molecule has 6 nitrogen and oxygen atoms in total. The predicted molar refractivity (Wildman–Crippen MR) is 119 cm³/mol. The molecular weight excluding hydrogens is 409 g/mol. The minimum atomic E-state index is -0.383. The molecule has 0 unspecified atom stereocenters. The topological polar surface area (TPSA) is 70.7 Å². The third-order valence-corrected chi connectivity index (χ3v) is 6.72. The van der Waals surface area contributed by atoms with Crippen LogP contribution >= 0.6 is 0 Å². The molecule has 2 fully saturated rings. The summed E-state index contributed by atoms with van der Waals surface area (Å²) in [6, 6.07) is 14.0. The molecule has 1 spiro atoms. The second-order valence-electron chi connectivity index (χ2n) is 9.20. The average molecular weight is 438 g/mol. The maximum absolute atomic E-state index is 13.4. The number of nitrogens with zero attached hydrogens (tertiary/aromatic N) is 1. The molecule has 0 radical (unpaired) electrons. The number of rotatable bonds is 4. The summed E-state index contributed by atoms with van der Waals surface area (Å²) in [5.41, 5.74) is 1.16. The van der Waals surface area contributed by atoms with Gasteiger partial charge in [-0.1, -0.05) is 24.3 Å². The average Bonchev–Trinajstić information content (AvgIpc) is 3.58. The van der Waals surface area contributed by atoms with Crippen LogP contribution in [0.25, 0.3) is 0 Å². The van der Waals surface area contributed by atoms with E-state index in [-0.39, 0.29) is 29.3 Å². The molecule has 1 atom stereocenters. The lowest BCUT2D eigenvalue weighted by Gasteiger charge is -2.46. The quantitative estimate of drug-likeness (QED) is 0.744. The zero-order chi connectivity index (χ0) is 22.1. The number of fused-ring (bicyclic) bond motifs is 1. The van der Waals surface area contributed by atoms with E-state index in [0.29, 0.717) is 44.1 Å². The Balaban J connectivity index is 1.25. The van der Waals surface area contributed by atoms with Gasteiger partial charge >= 0.3 is 6.03 Å². The lowest BCUT2D eigenvalue weighted by Crippen LogP contribution is -2.52. The van der Waals surface area contributed by atoms with Crippen molar-refractivity contribution in [2.75, 3.05) is 18.4 Å². The second-order valence-corrected chi connectivity index (χ2v) is 9.20. The Morgan fingerprint density at radius 2 is 1.88 bits per heavy atom. The number of anilines is 1. The molecule has 0 aromatic heterocycles. The first-order valence-electron chi connectivity index (χ1n) is 11.4. The summed E-state index contributed by atoms with van der Waals surface area (Å²) in [4.78, 5) is 27.0. The van der Waals surface area contributed by atoms with E-state index >= 15 is 0 Å². The number of carbonyl (C=O) groups is 2. The molecule has 168 valence electrons. The van der Waals surface area contributed by atoms with Crippen LogP contribution in [0.15, 0.2) is 48.5 Å². The minimum Gasteiger partial charge on any atom is -0.487 e. The Labute approximate surface area is 187 Å². The molecule has 3 aliphatic rings. The van der Waals surface area contributed by atoms with E-state index in [1.807, 2.05) is 18.2 Å². The maximum Gasteiger partial charge on any atom is 0.321 e. The number of hydrogen-bond donors (Lipinski definition) is 2. The van der Waals surface area contributed by atoms with Crippen molar-refractivity contribution in [1.29, 1.82) is 0 Å². The molecule has 1 saturated carbocycles. The molecule has 1 saturated heterocycles. The highest BCUT2D eigenvalue weighted by atomic mass is 19.1. The summed E-state index contributed by atoms with van der Waals surface area (Å²) in [5.74, 6) is 0.676. The highest BCUT2D eigenvalue weighted by Gasteiger charge is 2.44. The number of nitrogens with one attached hydrogen (secondary N) is 2. The van der Waals surface area contributed by atoms with Gasteiger partial charge in [-0.2, -0.15) is 0 Å². The molecule has 2 aromatic rings. The van der Waals surface area contributed by atoms with Gasteiger partial charge in [0.1, 0.15) is 17.2 Å². The Morgan fingerprint density at radius 3 is 2.62 bits per heavy atom. The fraction of sp³-hybridized carbons (Fsp3) is 0.440. The van der Waals surface area contributed by atoms with Crippen molar-refractivity contribution in [2.45, 2.75) is 56.1 Å². The number of likely N-dealkylation sites (tertiary alicyclic amines) is 1. The van der Waals surface area contributed by atoms with Crippen LogP contribution in [-0.4, -0.2) is 41.6 Å². The second kappa shape index (κ2) is 8.45. The predicted octanol–water partition coefficient (Wildman–Crippen LogP) is 4.43. The first-order chi connectivity index (χ1) is 15.5. The zero-order valence-electron chi connectivity index (χ0n) is 18.0. The summed E-state index contributed by atoms with van der Waals surface area (Å²) in [5, 5.41) is 5.88. The fourth-order valence-electron chi connectivity index (χ4n) is 4.86. The highest BCUT2D eigenvalue weighted by Crippen LogP contribution is 2.46. The van der Waals surface area contributed by atoms with E-state index in [0.717, 1.165) is 30.6 Å². The van der Waals surface area contributed by atoms with Crippen molar-refractivity contribution < 1.29 is 18.7 Å². The summed E-state index contributed by atoms with van der Waals surface area (Å²) < 4.78 is 19.9. The van der Waals surface area contributed by atoms with E-state index in [9.17, 15) is 14.0 Å². The van der Waals surface area contributed by atoms with Crippen molar-refractivity contribution in [3.63, 3.8) is 0 Å². The van der Waals surface area contributed by atoms with Crippen LogP contribution in [0.4, 0.5) is 14.9 Å². The van der Waals surface area contributed by atoms with Gasteiger partial charge in [-0.15, -0.1) is 0 Å². The smallest absolute Gasteiger partial charge is 0.321 e. The van der Waals surface area contributed by atoms with Crippen LogP contribution in [0, 0.1) is 5.82 Å². The number of para-hydroxylation sites is 1. The van der Waals surface area contributed by atoms with Crippen molar-refractivity contribution >= 4 is 17.6 Å². The van der Waals surface area contributed by atoms with E-state index in [4.69, 9.17) is 4.74 Å². The van der Waals surface area contributed by atoms with Gasteiger partial charge in [0.2, 0.25) is 5.91 Å². The third kappa shape index (κ3) is 4.56. The summed E-state index contributed by atoms with van der Waals surface area (Å²) in [7, 11) is 0. The van der Waals surface area contributed by atoms with E-state index in [1.54, 1.807) is 17.0 Å². The third-order valence-electron chi connectivity index (χ3n) is 6.72. The molecule has 5 rings (SSSR count). The molecule has 1 aliphatic carbocycles. The largest absolute Gasteiger partial charge is 0.487 e. The number of amides is 3. The van der Waals surface area contributed by atoms with Gasteiger partial charge in [0.15, 0.2) is 0 Å². The van der Waals surface area contributed by atoms with Crippen molar-refractivity contribution in [3.8, 4) is 5.75 Å². The van der Waals surface area contributed by atoms with Gasteiger partial charge in [-0.3, -0.25) is 4.79 Å². The van der Waals surface area contributed by atoms with Crippen LogP contribution in [-0.2, 0) is 4.79 Å². The molecule has 0 bridgehead atoms. The number of urea groups is 1. The number of carbonyl (C=O) groups excluding carboxylic acids is 2. The lowest BCUT2D eigenvalue weighted by molar-refractivity contribution is -0.122. The van der Waals surface area contributed by atoms with Crippen LogP contribution in [0.1, 0.15) is 50.0 Å². The van der Waals surface area contributed by atoms with Gasteiger partial charge in [-0.25, -0.2) is 9.18 Å². The number of hydrogen-bond acceptors (Lipinski definition) is 3. The Kier molecular flexibility index (Phi) is 5.49. The number of ether oxygens (including phenoxy) is 1.